The lowest BCUT2D eigenvalue weighted by Crippen LogP contribution is -2.44. The fraction of sp³-hybridized carbons (Fsp3) is 0.417. The van der Waals surface area contributed by atoms with E-state index in [0.29, 0.717) is 44.5 Å². The van der Waals surface area contributed by atoms with Gasteiger partial charge in [-0.25, -0.2) is 4.39 Å². The molecule has 2 aliphatic rings. The van der Waals surface area contributed by atoms with Crippen LogP contribution in [0.2, 0.25) is 5.02 Å². The average molecular weight is 429 g/mol. The number of carbonyl (C=O) groups excluding carboxylic acids is 2. The molecule has 0 radical (unpaired) electrons. The van der Waals surface area contributed by atoms with Crippen LogP contribution in [0.4, 0.5) is 4.39 Å². The SMILES string of the molecule is O=C(NCCc1ccccc1F)C1CCN(C(=O)C2CC2c2ccccc2Cl)CC1. The molecule has 0 spiro atoms. The van der Waals surface area contributed by atoms with E-state index in [1.54, 1.807) is 18.2 Å². The van der Waals surface area contributed by atoms with E-state index in [2.05, 4.69) is 5.32 Å². The smallest absolute Gasteiger partial charge is 0.226 e. The highest BCUT2D eigenvalue weighted by atomic mass is 35.5. The quantitative estimate of drug-likeness (QED) is 0.750. The van der Waals surface area contributed by atoms with Gasteiger partial charge in [0.25, 0.3) is 0 Å². The lowest BCUT2D eigenvalue weighted by atomic mass is 9.95. The molecule has 0 bridgehead atoms. The Kier molecular flexibility index (Phi) is 6.38. The van der Waals surface area contributed by atoms with Crippen molar-refractivity contribution in [3.05, 3.63) is 70.5 Å². The Balaban J connectivity index is 1.21. The number of piperidine rings is 1. The molecule has 2 aromatic carbocycles. The van der Waals surface area contributed by atoms with Crippen LogP contribution in [0.5, 0.6) is 0 Å². The third kappa shape index (κ3) is 4.67. The molecule has 2 amide bonds. The summed E-state index contributed by atoms with van der Waals surface area (Å²) < 4.78 is 13.7. The fourth-order valence-corrected chi connectivity index (χ4v) is 4.63. The number of carbonyl (C=O) groups is 2. The van der Waals surface area contributed by atoms with Crippen molar-refractivity contribution in [1.82, 2.24) is 10.2 Å². The lowest BCUT2D eigenvalue weighted by Gasteiger charge is -2.31. The Morgan fingerprint density at radius 2 is 1.77 bits per heavy atom. The first-order valence-corrected chi connectivity index (χ1v) is 11.0. The number of hydrogen-bond acceptors (Lipinski definition) is 2. The first-order chi connectivity index (χ1) is 14.5. The third-order valence-corrected chi connectivity index (χ3v) is 6.59. The molecule has 6 heteroatoms. The molecule has 1 saturated carbocycles. The number of hydrogen-bond donors (Lipinski definition) is 1. The van der Waals surface area contributed by atoms with Crippen LogP contribution in [0, 0.1) is 17.7 Å². The second-order valence-electron chi connectivity index (χ2n) is 8.20. The van der Waals surface area contributed by atoms with Gasteiger partial charge < -0.3 is 10.2 Å². The molecule has 4 rings (SSSR count). The van der Waals surface area contributed by atoms with Gasteiger partial charge in [-0.2, -0.15) is 0 Å². The van der Waals surface area contributed by atoms with Gasteiger partial charge in [0, 0.05) is 36.5 Å². The van der Waals surface area contributed by atoms with Gasteiger partial charge in [0.2, 0.25) is 11.8 Å². The Morgan fingerprint density at radius 1 is 1.07 bits per heavy atom. The predicted octanol–water partition coefficient (Wildman–Crippen LogP) is 4.18. The zero-order valence-corrected chi connectivity index (χ0v) is 17.6. The summed E-state index contributed by atoms with van der Waals surface area (Å²) in [6.07, 6.45) is 2.65. The third-order valence-electron chi connectivity index (χ3n) is 6.24. The fourth-order valence-electron chi connectivity index (χ4n) is 4.35. The Hall–Kier alpha value is -2.40. The summed E-state index contributed by atoms with van der Waals surface area (Å²) in [4.78, 5) is 27.2. The highest BCUT2D eigenvalue weighted by molar-refractivity contribution is 6.31. The monoisotopic (exact) mass is 428 g/mol. The van der Waals surface area contributed by atoms with Crippen molar-refractivity contribution in [1.29, 1.82) is 0 Å². The standard InChI is InChI=1S/C24H26ClFN2O2/c25-21-7-3-2-6-18(21)19-15-20(19)24(30)28-13-10-17(11-14-28)23(29)27-12-9-16-5-1-4-8-22(16)26/h1-8,17,19-20H,9-15H2,(H,27,29). The van der Waals surface area contributed by atoms with Crippen molar-refractivity contribution in [2.24, 2.45) is 11.8 Å². The van der Waals surface area contributed by atoms with Crippen LogP contribution in [-0.2, 0) is 16.0 Å². The topological polar surface area (TPSA) is 49.4 Å². The summed E-state index contributed by atoms with van der Waals surface area (Å²) in [6.45, 7) is 1.63. The van der Waals surface area contributed by atoms with Crippen LogP contribution in [0.3, 0.4) is 0 Å². The van der Waals surface area contributed by atoms with Gasteiger partial charge in [-0.05, 0) is 54.9 Å². The summed E-state index contributed by atoms with van der Waals surface area (Å²) >= 11 is 6.27. The number of nitrogens with one attached hydrogen (secondary N) is 1. The summed E-state index contributed by atoms with van der Waals surface area (Å²) in [5, 5.41) is 3.64. The molecular weight excluding hydrogens is 403 g/mol. The maximum Gasteiger partial charge on any atom is 0.226 e. The lowest BCUT2D eigenvalue weighted by molar-refractivity contribution is -0.136. The van der Waals surface area contributed by atoms with Crippen molar-refractivity contribution in [3.8, 4) is 0 Å². The van der Waals surface area contributed by atoms with Gasteiger partial charge in [0.1, 0.15) is 5.82 Å². The first-order valence-electron chi connectivity index (χ1n) is 10.6. The number of rotatable bonds is 6. The van der Waals surface area contributed by atoms with E-state index in [1.807, 2.05) is 29.2 Å². The molecule has 2 fully saturated rings. The molecule has 2 atom stereocenters. The van der Waals surface area contributed by atoms with Crippen molar-refractivity contribution in [2.75, 3.05) is 19.6 Å². The highest BCUT2D eigenvalue weighted by Gasteiger charge is 2.47. The van der Waals surface area contributed by atoms with Gasteiger partial charge in [-0.3, -0.25) is 9.59 Å². The van der Waals surface area contributed by atoms with Crippen LogP contribution in [0.15, 0.2) is 48.5 Å². The molecule has 30 heavy (non-hydrogen) atoms. The minimum Gasteiger partial charge on any atom is -0.356 e. The van der Waals surface area contributed by atoms with Gasteiger partial charge in [-0.1, -0.05) is 48.0 Å². The van der Waals surface area contributed by atoms with Crippen molar-refractivity contribution in [2.45, 2.75) is 31.6 Å². The highest BCUT2D eigenvalue weighted by Crippen LogP contribution is 2.50. The molecule has 1 heterocycles. The van der Waals surface area contributed by atoms with Crippen molar-refractivity contribution >= 4 is 23.4 Å². The molecule has 1 saturated heterocycles. The van der Waals surface area contributed by atoms with E-state index in [9.17, 15) is 14.0 Å². The molecule has 1 N–H and O–H groups in total. The van der Waals surface area contributed by atoms with E-state index in [1.165, 1.54) is 6.07 Å². The largest absolute Gasteiger partial charge is 0.356 e. The van der Waals surface area contributed by atoms with Gasteiger partial charge >= 0.3 is 0 Å². The van der Waals surface area contributed by atoms with Crippen molar-refractivity contribution < 1.29 is 14.0 Å². The predicted molar refractivity (Wildman–Crippen MR) is 115 cm³/mol. The van der Waals surface area contributed by atoms with Gasteiger partial charge in [0.15, 0.2) is 0 Å². The number of nitrogens with zero attached hydrogens (tertiary/aromatic N) is 1. The minimum absolute atomic E-state index is 0.00111. The van der Waals surface area contributed by atoms with Gasteiger partial charge in [0.05, 0.1) is 0 Å². The molecular formula is C24H26ClFN2O2. The zero-order valence-electron chi connectivity index (χ0n) is 16.8. The summed E-state index contributed by atoms with van der Waals surface area (Å²) in [7, 11) is 0. The van der Waals surface area contributed by atoms with Crippen LogP contribution >= 0.6 is 11.6 Å². The van der Waals surface area contributed by atoms with E-state index in [0.717, 1.165) is 17.0 Å². The van der Waals surface area contributed by atoms with Crippen LogP contribution in [0.1, 0.15) is 36.3 Å². The van der Waals surface area contributed by atoms with Crippen LogP contribution < -0.4 is 5.32 Å². The van der Waals surface area contributed by atoms with Crippen LogP contribution in [-0.4, -0.2) is 36.3 Å². The van der Waals surface area contributed by atoms with Gasteiger partial charge in [-0.15, -0.1) is 0 Å². The molecule has 2 aromatic rings. The van der Waals surface area contributed by atoms with E-state index < -0.39 is 0 Å². The van der Waals surface area contributed by atoms with Crippen molar-refractivity contribution in [3.63, 3.8) is 0 Å². The summed E-state index contributed by atoms with van der Waals surface area (Å²) in [6, 6.07) is 14.3. The minimum atomic E-state index is -0.242. The second-order valence-corrected chi connectivity index (χ2v) is 8.61. The number of amides is 2. The number of likely N-dealkylation sites (tertiary alicyclic amines) is 1. The molecule has 4 nitrogen and oxygen atoms in total. The normalized spacial score (nSPS) is 21.3. The molecule has 0 aromatic heterocycles. The maximum absolute atomic E-state index is 13.7. The summed E-state index contributed by atoms with van der Waals surface area (Å²) in [5.74, 6) is 0.0702. The Morgan fingerprint density at radius 3 is 2.50 bits per heavy atom. The van der Waals surface area contributed by atoms with E-state index in [-0.39, 0.29) is 35.4 Å². The Labute approximate surface area is 181 Å². The first kappa shape index (κ1) is 20.9. The Bertz CT molecular complexity index is 927. The van der Waals surface area contributed by atoms with E-state index in [4.69, 9.17) is 11.6 Å². The molecule has 1 aliphatic heterocycles. The molecule has 158 valence electrons. The zero-order chi connectivity index (χ0) is 21.1. The van der Waals surface area contributed by atoms with E-state index >= 15 is 0 Å². The molecule has 1 aliphatic carbocycles. The second kappa shape index (κ2) is 9.17. The number of halogens is 2. The molecule has 2 unspecified atom stereocenters. The van der Waals surface area contributed by atoms with Crippen LogP contribution in [0.25, 0.3) is 0 Å². The average Bonchev–Trinajstić information content (AvgIpc) is 3.55. The summed E-state index contributed by atoms with van der Waals surface area (Å²) in [5.41, 5.74) is 1.66. The maximum atomic E-state index is 13.7. The number of benzene rings is 2.